The molecule has 1 aromatic heterocycles. The van der Waals surface area contributed by atoms with E-state index < -0.39 is 6.55 Å². The van der Waals surface area contributed by atoms with E-state index in [-0.39, 0.29) is 22.9 Å². The molecule has 2 amide bonds. The van der Waals surface area contributed by atoms with Gasteiger partial charge in [-0.1, -0.05) is 0 Å². The molecule has 0 saturated carbocycles. The van der Waals surface area contributed by atoms with Crippen molar-refractivity contribution in [2.75, 3.05) is 39.9 Å². The Morgan fingerprint density at radius 2 is 2.19 bits per heavy atom. The minimum Gasteiger partial charge on any atom is -0.383 e. The summed E-state index contributed by atoms with van der Waals surface area (Å²) in [6.45, 7) is -0.0369. The molecule has 0 aromatic carbocycles. The van der Waals surface area contributed by atoms with Crippen molar-refractivity contribution in [2.24, 2.45) is 5.41 Å². The van der Waals surface area contributed by atoms with Crippen LogP contribution in [0.4, 0.5) is 8.78 Å². The maximum atomic E-state index is 12.7. The van der Waals surface area contributed by atoms with Gasteiger partial charge in [-0.25, -0.2) is 4.68 Å². The fraction of sp³-hybridized carbons (Fsp3) is 0.706. The van der Waals surface area contributed by atoms with Crippen molar-refractivity contribution < 1.29 is 23.1 Å². The Morgan fingerprint density at radius 3 is 2.88 bits per heavy atom. The zero-order valence-electron chi connectivity index (χ0n) is 14.9. The van der Waals surface area contributed by atoms with Gasteiger partial charge in [0, 0.05) is 51.3 Å². The number of piperidine rings is 2. The second-order valence-corrected chi connectivity index (χ2v) is 7.10. The van der Waals surface area contributed by atoms with Gasteiger partial charge in [-0.15, -0.1) is 0 Å². The summed E-state index contributed by atoms with van der Waals surface area (Å²) in [4.78, 5) is 28.3. The summed E-state index contributed by atoms with van der Waals surface area (Å²) in [6, 6.07) is 1.32. The Balaban J connectivity index is 1.69. The second kappa shape index (κ2) is 7.69. The van der Waals surface area contributed by atoms with Crippen LogP contribution in [0.5, 0.6) is 0 Å². The molecule has 1 atom stereocenters. The number of hydrogen-bond acceptors (Lipinski definition) is 4. The lowest BCUT2D eigenvalue weighted by atomic mass is 9.73. The summed E-state index contributed by atoms with van der Waals surface area (Å²) in [5, 5.41) is 3.68. The molecule has 2 fully saturated rings. The van der Waals surface area contributed by atoms with Crippen molar-refractivity contribution in [1.82, 2.24) is 19.6 Å². The first-order valence-electron chi connectivity index (χ1n) is 8.83. The summed E-state index contributed by atoms with van der Waals surface area (Å²) >= 11 is 0. The van der Waals surface area contributed by atoms with Crippen LogP contribution < -0.4 is 0 Å². The Morgan fingerprint density at radius 1 is 1.38 bits per heavy atom. The third kappa shape index (κ3) is 3.87. The molecule has 2 saturated heterocycles. The number of carbonyl (C=O) groups is 2. The first-order valence-corrected chi connectivity index (χ1v) is 8.83. The molecule has 0 bridgehead atoms. The topological polar surface area (TPSA) is 67.7 Å². The summed E-state index contributed by atoms with van der Waals surface area (Å²) < 4.78 is 30.9. The summed E-state index contributed by atoms with van der Waals surface area (Å²) in [7, 11) is 1.60. The summed E-state index contributed by atoms with van der Waals surface area (Å²) in [5.41, 5.74) is -0.105. The van der Waals surface area contributed by atoms with Gasteiger partial charge in [0.05, 0.1) is 6.61 Å². The van der Waals surface area contributed by atoms with Gasteiger partial charge in [0.1, 0.15) is 0 Å². The number of nitrogens with zero attached hydrogens (tertiary/aromatic N) is 4. The fourth-order valence-electron chi connectivity index (χ4n) is 3.94. The van der Waals surface area contributed by atoms with Gasteiger partial charge in [0.25, 0.3) is 5.91 Å². The molecule has 1 aromatic rings. The smallest absolute Gasteiger partial charge is 0.333 e. The largest absolute Gasteiger partial charge is 0.383 e. The number of ether oxygens (including phenoxy) is 1. The van der Waals surface area contributed by atoms with E-state index in [9.17, 15) is 18.4 Å². The van der Waals surface area contributed by atoms with Crippen LogP contribution in [0.3, 0.4) is 0 Å². The van der Waals surface area contributed by atoms with Crippen LogP contribution in [0.25, 0.3) is 0 Å². The highest BCUT2D eigenvalue weighted by Gasteiger charge is 2.43. The number of amides is 2. The van der Waals surface area contributed by atoms with Gasteiger partial charge < -0.3 is 14.5 Å². The number of halogens is 2. The number of aromatic nitrogens is 2. The molecule has 9 heteroatoms. The van der Waals surface area contributed by atoms with E-state index in [0.29, 0.717) is 43.9 Å². The monoisotopic (exact) mass is 370 g/mol. The average Bonchev–Trinajstić information content (AvgIpc) is 3.13. The number of carbonyl (C=O) groups excluding carboxylic acids is 2. The zero-order valence-corrected chi connectivity index (χ0v) is 14.9. The highest BCUT2D eigenvalue weighted by Crippen LogP contribution is 2.39. The van der Waals surface area contributed by atoms with E-state index in [0.717, 1.165) is 25.5 Å². The van der Waals surface area contributed by atoms with Crippen LogP contribution in [0.1, 0.15) is 42.7 Å². The summed E-state index contributed by atoms with van der Waals surface area (Å²) in [6.07, 6.45) is 4.09. The number of likely N-dealkylation sites (tertiary alicyclic amines) is 2. The molecule has 3 heterocycles. The molecule has 0 N–H and O–H groups in total. The van der Waals surface area contributed by atoms with Crippen molar-refractivity contribution in [1.29, 1.82) is 0 Å². The van der Waals surface area contributed by atoms with Crippen LogP contribution in [-0.2, 0) is 9.53 Å². The third-order valence-corrected chi connectivity index (χ3v) is 5.29. The molecule has 1 spiro atoms. The van der Waals surface area contributed by atoms with Gasteiger partial charge in [0.2, 0.25) is 5.91 Å². The van der Waals surface area contributed by atoms with Crippen LogP contribution in [0.2, 0.25) is 0 Å². The molecule has 1 unspecified atom stereocenters. The average molecular weight is 370 g/mol. The number of rotatable bonds is 5. The van der Waals surface area contributed by atoms with Crippen molar-refractivity contribution in [3.63, 3.8) is 0 Å². The first kappa shape index (κ1) is 18.8. The predicted molar refractivity (Wildman–Crippen MR) is 88.7 cm³/mol. The van der Waals surface area contributed by atoms with Crippen LogP contribution in [0.15, 0.2) is 12.3 Å². The van der Waals surface area contributed by atoms with Crippen LogP contribution in [0, 0.1) is 5.41 Å². The molecule has 26 heavy (non-hydrogen) atoms. The van der Waals surface area contributed by atoms with Crippen molar-refractivity contribution in [3.8, 4) is 0 Å². The SMILES string of the molecule is COCCN1CC2(CCCN(C(=O)c3ccn(C(F)F)n3)C2)CCC1=O. The normalized spacial score (nSPS) is 23.9. The lowest BCUT2D eigenvalue weighted by Crippen LogP contribution is -2.55. The van der Waals surface area contributed by atoms with Gasteiger partial charge in [-0.2, -0.15) is 13.9 Å². The quantitative estimate of drug-likeness (QED) is 0.792. The lowest BCUT2D eigenvalue weighted by Gasteiger charge is -2.48. The van der Waals surface area contributed by atoms with Crippen LogP contribution in [-0.4, -0.2) is 71.3 Å². The predicted octanol–water partition coefficient (Wildman–Crippen LogP) is 1.77. The minimum atomic E-state index is -2.76. The Labute approximate surface area is 150 Å². The molecule has 144 valence electrons. The fourth-order valence-corrected chi connectivity index (χ4v) is 3.94. The highest BCUT2D eigenvalue weighted by atomic mass is 19.3. The molecule has 7 nitrogen and oxygen atoms in total. The van der Waals surface area contributed by atoms with Crippen molar-refractivity contribution >= 4 is 11.8 Å². The van der Waals surface area contributed by atoms with Crippen molar-refractivity contribution in [3.05, 3.63) is 18.0 Å². The number of methoxy groups -OCH3 is 1. The summed E-state index contributed by atoms with van der Waals surface area (Å²) in [5.74, 6) is -0.212. The Bertz CT molecular complexity index is 666. The van der Waals surface area contributed by atoms with Gasteiger partial charge in [-0.05, 0) is 25.3 Å². The Hall–Kier alpha value is -2.03. The van der Waals surface area contributed by atoms with Crippen molar-refractivity contribution in [2.45, 2.75) is 32.2 Å². The zero-order chi connectivity index (χ0) is 18.7. The minimum absolute atomic E-state index is 0.0328. The molecular formula is C17H24F2N4O3. The molecule has 0 aliphatic carbocycles. The van der Waals surface area contributed by atoms with E-state index in [1.807, 2.05) is 4.90 Å². The van der Waals surface area contributed by atoms with E-state index in [1.54, 1.807) is 12.0 Å². The number of alkyl halides is 2. The van der Waals surface area contributed by atoms with E-state index >= 15 is 0 Å². The van der Waals surface area contributed by atoms with E-state index in [4.69, 9.17) is 4.74 Å². The lowest BCUT2D eigenvalue weighted by molar-refractivity contribution is -0.139. The van der Waals surface area contributed by atoms with E-state index in [1.165, 1.54) is 6.07 Å². The molecule has 3 rings (SSSR count). The molecule has 0 radical (unpaired) electrons. The third-order valence-electron chi connectivity index (χ3n) is 5.29. The second-order valence-electron chi connectivity index (χ2n) is 7.10. The highest BCUT2D eigenvalue weighted by molar-refractivity contribution is 5.92. The van der Waals surface area contributed by atoms with Gasteiger partial charge in [0.15, 0.2) is 5.69 Å². The maximum Gasteiger partial charge on any atom is 0.333 e. The molecular weight excluding hydrogens is 346 g/mol. The maximum absolute atomic E-state index is 12.7. The Kier molecular flexibility index (Phi) is 5.55. The standard InChI is InChI=1S/C17H24F2N4O3/c1-26-10-9-21-11-17(6-3-14(21)24)5-2-7-22(12-17)15(25)13-4-8-23(20-13)16(18)19/h4,8,16H,2-3,5-7,9-12H2,1H3. The van der Waals surface area contributed by atoms with Gasteiger partial charge >= 0.3 is 6.55 Å². The molecule has 2 aliphatic heterocycles. The first-order chi connectivity index (χ1) is 12.4. The number of hydrogen-bond donors (Lipinski definition) is 0. The molecule has 2 aliphatic rings. The van der Waals surface area contributed by atoms with E-state index in [2.05, 4.69) is 5.10 Å². The van der Waals surface area contributed by atoms with Crippen LogP contribution >= 0.6 is 0 Å². The van der Waals surface area contributed by atoms with Gasteiger partial charge in [-0.3, -0.25) is 9.59 Å².